The molecule has 3 aromatic rings. The zero-order valence-electron chi connectivity index (χ0n) is 19.1. The van der Waals surface area contributed by atoms with Gasteiger partial charge < -0.3 is 10.2 Å². The minimum atomic E-state index is -0.389. The van der Waals surface area contributed by atoms with Crippen LogP contribution >= 0.6 is 0 Å². The van der Waals surface area contributed by atoms with Crippen molar-refractivity contribution >= 4 is 29.3 Å². The van der Waals surface area contributed by atoms with Gasteiger partial charge in [0.1, 0.15) is 0 Å². The molecular weight excluding hydrogens is 430 g/mol. The van der Waals surface area contributed by atoms with E-state index in [1.54, 1.807) is 36.2 Å². The molecule has 0 spiro atoms. The van der Waals surface area contributed by atoms with Crippen molar-refractivity contribution in [1.82, 2.24) is 9.80 Å². The van der Waals surface area contributed by atoms with Gasteiger partial charge in [-0.05, 0) is 47.9 Å². The van der Waals surface area contributed by atoms with Gasteiger partial charge in [-0.2, -0.15) is 0 Å². The maximum absolute atomic E-state index is 12.9. The van der Waals surface area contributed by atoms with Crippen molar-refractivity contribution in [3.05, 3.63) is 101 Å². The molecular formula is C27H25N3O4. The first-order chi connectivity index (χ1) is 16.3. The Morgan fingerprint density at radius 3 is 2.29 bits per heavy atom. The number of carbonyl (C=O) groups excluding carboxylic acids is 4. The van der Waals surface area contributed by atoms with E-state index in [4.69, 9.17) is 0 Å². The fourth-order valence-corrected chi connectivity index (χ4v) is 3.86. The zero-order chi connectivity index (χ0) is 24.2. The van der Waals surface area contributed by atoms with Gasteiger partial charge in [0.15, 0.2) is 0 Å². The highest BCUT2D eigenvalue weighted by atomic mass is 16.2. The van der Waals surface area contributed by atoms with Gasteiger partial charge in [0, 0.05) is 38.3 Å². The molecule has 0 unspecified atom stereocenters. The van der Waals surface area contributed by atoms with Crippen molar-refractivity contribution < 1.29 is 19.2 Å². The Morgan fingerprint density at radius 1 is 0.853 bits per heavy atom. The summed E-state index contributed by atoms with van der Waals surface area (Å²) in [6.07, 6.45) is 0.564. The van der Waals surface area contributed by atoms with Gasteiger partial charge >= 0.3 is 0 Å². The lowest BCUT2D eigenvalue weighted by molar-refractivity contribution is -0.128. The van der Waals surface area contributed by atoms with E-state index in [0.29, 0.717) is 24.2 Å². The van der Waals surface area contributed by atoms with Crippen LogP contribution in [0, 0.1) is 0 Å². The van der Waals surface area contributed by atoms with Crippen LogP contribution in [-0.2, 0) is 17.8 Å². The second-order valence-electron chi connectivity index (χ2n) is 8.29. The summed E-state index contributed by atoms with van der Waals surface area (Å²) in [5.74, 6) is -1.17. The van der Waals surface area contributed by atoms with Gasteiger partial charge in [-0.25, -0.2) is 0 Å². The molecule has 0 saturated heterocycles. The Morgan fingerprint density at radius 2 is 1.56 bits per heavy atom. The van der Waals surface area contributed by atoms with E-state index >= 15 is 0 Å². The normalized spacial score (nSPS) is 12.5. The number of benzene rings is 3. The third-order valence-electron chi connectivity index (χ3n) is 5.84. The molecule has 1 aliphatic heterocycles. The van der Waals surface area contributed by atoms with Gasteiger partial charge in [0.05, 0.1) is 11.1 Å². The Hall–Kier alpha value is -4.26. The van der Waals surface area contributed by atoms with E-state index in [2.05, 4.69) is 5.32 Å². The zero-order valence-corrected chi connectivity index (χ0v) is 19.1. The van der Waals surface area contributed by atoms with Crippen LogP contribution in [0.3, 0.4) is 0 Å². The number of anilines is 1. The van der Waals surface area contributed by atoms with Gasteiger partial charge in [-0.3, -0.25) is 24.1 Å². The quantitative estimate of drug-likeness (QED) is 0.550. The number of imide groups is 1. The fraction of sp³-hybridized carbons (Fsp3) is 0.185. The highest BCUT2D eigenvalue weighted by molar-refractivity contribution is 6.22. The molecule has 0 fully saturated rings. The van der Waals surface area contributed by atoms with E-state index in [0.717, 1.165) is 11.1 Å². The predicted molar refractivity (Wildman–Crippen MR) is 128 cm³/mol. The molecule has 7 heteroatoms. The number of hydrogen-bond acceptors (Lipinski definition) is 4. The molecule has 172 valence electrons. The van der Waals surface area contributed by atoms with Crippen molar-refractivity contribution in [2.24, 2.45) is 0 Å². The van der Waals surface area contributed by atoms with E-state index < -0.39 is 0 Å². The van der Waals surface area contributed by atoms with E-state index in [-0.39, 0.29) is 41.3 Å². The molecule has 0 atom stereocenters. The maximum Gasteiger partial charge on any atom is 0.261 e. The highest BCUT2D eigenvalue weighted by Crippen LogP contribution is 2.25. The first-order valence-electron chi connectivity index (χ1n) is 11.0. The van der Waals surface area contributed by atoms with Crippen molar-refractivity contribution in [3.8, 4) is 0 Å². The van der Waals surface area contributed by atoms with Gasteiger partial charge in [-0.15, -0.1) is 0 Å². The SMILES string of the molecule is CC(=O)N(C)Cc1cccc(NC(=O)c2ccc3c(c2)C(=O)N(CCc2ccccc2)C3=O)c1. The summed E-state index contributed by atoms with van der Waals surface area (Å²) in [5, 5.41) is 2.82. The molecule has 1 aliphatic rings. The van der Waals surface area contributed by atoms with Gasteiger partial charge in [-0.1, -0.05) is 42.5 Å². The van der Waals surface area contributed by atoms with Crippen LogP contribution in [0.5, 0.6) is 0 Å². The number of nitrogens with one attached hydrogen (secondary N) is 1. The lowest BCUT2D eigenvalue weighted by atomic mass is 10.1. The smallest absolute Gasteiger partial charge is 0.261 e. The van der Waals surface area contributed by atoms with Crippen LogP contribution in [0.1, 0.15) is 49.1 Å². The Balaban J connectivity index is 1.46. The van der Waals surface area contributed by atoms with E-state index in [1.165, 1.54) is 24.0 Å². The average Bonchev–Trinajstić information content (AvgIpc) is 3.07. The van der Waals surface area contributed by atoms with Gasteiger partial charge in [0.2, 0.25) is 5.91 Å². The molecule has 4 rings (SSSR count). The van der Waals surface area contributed by atoms with Crippen LogP contribution < -0.4 is 5.32 Å². The predicted octanol–water partition coefficient (Wildman–Crippen LogP) is 3.76. The number of amides is 4. The second-order valence-corrected chi connectivity index (χ2v) is 8.29. The summed E-state index contributed by atoms with van der Waals surface area (Å²) in [7, 11) is 1.71. The number of fused-ring (bicyclic) bond motifs is 1. The number of hydrogen-bond donors (Lipinski definition) is 1. The first kappa shape index (κ1) is 22.9. The average molecular weight is 456 g/mol. The molecule has 0 aliphatic carbocycles. The lowest BCUT2D eigenvalue weighted by Crippen LogP contribution is -2.31. The third-order valence-corrected chi connectivity index (χ3v) is 5.84. The molecule has 1 N–H and O–H groups in total. The molecule has 0 bridgehead atoms. The van der Waals surface area contributed by atoms with Crippen molar-refractivity contribution in [2.75, 3.05) is 18.9 Å². The van der Waals surface area contributed by atoms with Crippen LogP contribution in [0.2, 0.25) is 0 Å². The van der Waals surface area contributed by atoms with Crippen LogP contribution in [0.4, 0.5) is 5.69 Å². The topological polar surface area (TPSA) is 86.8 Å². The number of carbonyl (C=O) groups is 4. The van der Waals surface area contributed by atoms with Crippen LogP contribution in [0.25, 0.3) is 0 Å². The molecule has 4 amide bonds. The highest BCUT2D eigenvalue weighted by Gasteiger charge is 2.35. The summed E-state index contributed by atoms with van der Waals surface area (Å²) >= 11 is 0. The fourth-order valence-electron chi connectivity index (χ4n) is 3.86. The van der Waals surface area contributed by atoms with Gasteiger partial charge in [0.25, 0.3) is 17.7 Å². The minimum Gasteiger partial charge on any atom is -0.342 e. The minimum absolute atomic E-state index is 0.0513. The first-order valence-corrected chi connectivity index (χ1v) is 11.0. The molecule has 3 aromatic carbocycles. The summed E-state index contributed by atoms with van der Waals surface area (Å²) in [6, 6.07) is 21.4. The summed E-state index contributed by atoms with van der Waals surface area (Å²) in [4.78, 5) is 52.8. The number of rotatable bonds is 7. The molecule has 1 heterocycles. The Labute approximate surface area is 198 Å². The third kappa shape index (κ3) is 4.88. The monoisotopic (exact) mass is 455 g/mol. The van der Waals surface area contributed by atoms with Crippen molar-refractivity contribution in [2.45, 2.75) is 19.9 Å². The Kier molecular flexibility index (Phi) is 6.54. The van der Waals surface area contributed by atoms with Crippen molar-refractivity contribution in [1.29, 1.82) is 0 Å². The summed E-state index contributed by atoms with van der Waals surface area (Å²) in [5.41, 5.74) is 3.32. The van der Waals surface area contributed by atoms with E-state index in [9.17, 15) is 19.2 Å². The molecule has 0 saturated carbocycles. The summed E-state index contributed by atoms with van der Waals surface area (Å²) < 4.78 is 0. The number of nitrogens with zero attached hydrogens (tertiary/aromatic N) is 2. The lowest BCUT2D eigenvalue weighted by Gasteiger charge is -2.15. The van der Waals surface area contributed by atoms with Crippen LogP contribution in [-0.4, -0.2) is 47.0 Å². The second kappa shape index (κ2) is 9.70. The molecule has 34 heavy (non-hydrogen) atoms. The van der Waals surface area contributed by atoms with Crippen molar-refractivity contribution in [3.63, 3.8) is 0 Å². The largest absolute Gasteiger partial charge is 0.342 e. The van der Waals surface area contributed by atoms with E-state index in [1.807, 2.05) is 36.4 Å². The molecule has 0 radical (unpaired) electrons. The standard InChI is InChI=1S/C27H25N3O4/c1-18(31)29(2)17-20-9-6-10-22(15-20)28-25(32)21-11-12-23-24(16-21)27(34)30(26(23)33)14-13-19-7-4-3-5-8-19/h3-12,15-16H,13-14,17H2,1-2H3,(H,28,32). The maximum atomic E-state index is 12.9. The summed E-state index contributed by atoms with van der Waals surface area (Å²) in [6.45, 7) is 2.20. The Bertz CT molecular complexity index is 1270. The van der Waals surface area contributed by atoms with Crippen LogP contribution in [0.15, 0.2) is 72.8 Å². The molecule has 7 nitrogen and oxygen atoms in total. The molecule has 0 aromatic heterocycles.